The smallest absolute Gasteiger partial charge is 0.119 e. The summed E-state index contributed by atoms with van der Waals surface area (Å²) in [5.41, 5.74) is 1.28. The summed E-state index contributed by atoms with van der Waals surface area (Å²) >= 11 is 0. The van der Waals surface area contributed by atoms with Crippen LogP contribution < -0.4 is 10.1 Å². The van der Waals surface area contributed by atoms with Gasteiger partial charge in [-0.15, -0.1) is 0 Å². The summed E-state index contributed by atoms with van der Waals surface area (Å²) in [6, 6.07) is 8.21. The molecule has 1 rings (SSSR count). The number of hydrogen-bond donors (Lipinski definition) is 1. The molecule has 0 atom stereocenters. The molecule has 0 amide bonds. The zero-order valence-electron chi connectivity index (χ0n) is 12.0. The van der Waals surface area contributed by atoms with Crippen LogP contribution in [0.3, 0.4) is 0 Å². The second kappa shape index (κ2) is 10.6. The molecule has 0 saturated heterocycles. The molecule has 0 bridgehead atoms. The van der Waals surface area contributed by atoms with Gasteiger partial charge < -0.3 is 14.8 Å². The molecule has 0 unspecified atom stereocenters. The van der Waals surface area contributed by atoms with Crippen molar-refractivity contribution in [2.75, 3.05) is 26.4 Å². The Balaban J connectivity index is 2.17. The van der Waals surface area contributed by atoms with Crippen LogP contribution in [0.1, 0.15) is 25.8 Å². The Bertz CT molecular complexity index is 346. The van der Waals surface area contributed by atoms with E-state index in [9.17, 15) is 0 Å². The molecule has 0 radical (unpaired) electrons. The molecule has 1 aromatic rings. The van der Waals surface area contributed by atoms with Gasteiger partial charge in [-0.1, -0.05) is 31.2 Å². The third-order valence-corrected chi connectivity index (χ3v) is 2.63. The fraction of sp³-hybridized carbons (Fsp3) is 0.500. The number of hydrogen-bond acceptors (Lipinski definition) is 3. The molecule has 1 N–H and O–H groups in total. The fourth-order valence-electron chi connectivity index (χ4n) is 1.58. The minimum Gasteiger partial charge on any atom is -0.491 e. The van der Waals surface area contributed by atoms with Crippen LogP contribution in [-0.4, -0.2) is 26.4 Å². The minimum atomic E-state index is 0.588. The van der Waals surface area contributed by atoms with Gasteiger partial charge in [-0.2, -0.15) is 0 Å². The average molecular weight is 263 g/mol. The van der Waals surface area contributed by atoms with Gasteiger partial charge in [0.15, 0.2) is 0 Å². The quantitative estimate of drug-likeness (QED) is 0.519. The summed E-state index contributed by atoms with van der Waals surface area (Å²) in [5.74, 6) is 0.897. The molecule has 0 heterocycles. The first-order valence-corrected chi connectivity index (χ1v) is 6.98. The summed E-state index contributed by atoms with van der Waals surface area (Å²) in [5, 5.41) is 3.38. The van der Waals surface area contributed by atoms with Crippen LogP contribution in [0.5, 0.6) is 5.75 Å². The number of rotatable bonds is 10. The minimum absolute atomic E-state index is 0.588. The van der Waals surface area contributed by atoms with Crippen LogP contribution >= 0.6 is 0 Å². The molecule has 0 fully saturated rings. The van der Waals surface area contributed by atoms with Crippen LogP contribution in [0.4, 0.5) is 0 Å². The molecule has 0 spiro atoms. The van der Waals surface area contributed by atoms with E-state index in [0.717, 1.165) is 25.3 Å². The maximum atomic E-state index is 5.60. The van der Waals surface area contributed by atoms with E-state index in [4.69, 9.17) is 9.47 Å². The molecular formula is C16H25NO2. The summed E-state index contributed by atoms with van der Waals surface area (Å²) < 4.78 is 11.0. The van der Waals surface area contributed by atoms with E-state index in [2.05, 4.69) is 24.4 Å². The van der Waals surface area contributed by atoms with Gasteiger partial charge in [0.1, 0.15) is 12.4 Å². The molecule has 1 aromatic carbocycles. The van der Waals surface area contributed by atoms with Gasteiger partial charge in [-0.05, 0) is 37.6 Å². The maximum absolute atomic E-state index is 5.60. The molecule has 0 saturated carbocycles. The highest BCUT2D eigenvalue weighted by Crippen LogP contribution is 2.11. The highest BCUT2D eigenvalue weighted by Gasteiger charge is 1.95. The zero-order valence-corrected chi connectivity index (χ0v) is 12.0. The summed E-state index contributed by atoms with van der Waals surface area (Å²) in [4.78, 5) is 0. The van der Waals surface area contributed by atoms with E-state index in [0.29, 0.717) is 19.8 Å². The number of nitrogens with one attached hydrogen (secondary N) is 1. The predicted octanol–water partition coefficient (Wildman–Crippen LogP) is 3.16. The lowest BCUT2D eigenvalue weighted by Gasteiger charge is -2.08. The van der Waals surface area contributed by atoms with E-state index in [1.165, 1.54) is 5.56 Å². The standard InChI is InChI=1S/C16H25NO2/c1-3-5-11-18-12-13-19-16-8-6-15(7-9-16)14-17-10-4-2/h3,5-9,17H,4,10-14H2,1-2H3/b5-3+. The van der Waals surface area contributed by atoms with Gasteiger partial charge in [0, 0.05) is 6.54 Å². The highest BCUT2D eigenvalue weighted by atomic mass is 16.5. The molecular weight excluding hydrogens is 238 g/mol. The molecule has 19 heavy (non-hydrogen) atoms. The van der Waals surface area contributed by atoms with Crippen LogP contribution in [0.15, 0.2) is 36.4 Å². The first-order chi connectivity index (χ1) is 9.36. The van der Waals surface area contributed by atoms with Crippen molar-refractivity contribution in [3.05, 3.63) is 42.0 Å². The van der Waals surface area contributed by atoms with Crippen molar-refractivity contribution in [1.82, 2.24) is 5.32 Å². The van der Waals surface area contributed by atoms with E-state index in [1.807, 2.05) is 31.2 Å². The van der Waals surface area contributed by atoms with Crippen molar-refractivity contribution in [2.45, 2.75) is 26.8 Å². The molecule has 106 valence electrons. The summed E-state index contributed by atoms with van der Waals surface area (Å²) in [6.07, 6.45) is 5.12. The van der Waals surface area contributed by atoms with Crippen molar-refractivity contribution in [2.24, 2.45) is 0 Å². The van der Waals surface area contributed by atoms with Crippen molar-refractivity contribution in [1.29, 1.82) is 0 Å². The first-order valence-electron chi connectivity index (χ1n) is 6.98. The molecule has 0 aliphatic heterocycles. The Morgan fingerprint density at radius 2 is 1.95 bits per heavy atom. The Kier molecular flexibility index (Phi) is 8.77. The molecule has 0 aromatic heterocycles. The third-order valence-electron chi connectivity index (χ3n) is 2.63. The monoisotopic (exact) mass is 263 g/mol. The van der Waals surface area contributed by atoms with Crippen molar-refractivity contribution < 1.29 is 9.47 Å². The predicted molar refractivity (Wildman–Crippen MR) is 79.6 cm³/mol. The number of benzene rings is 1. The number of ether oxygens (including phenoxy) is 2. The van der Waals surface area contributed by atoms with Crippen LogP contribution in [-0.2, 0) is 11.3 Å². The lowest BCUT2D eigenvalue weighted by Crippen LogP contribution is -2.13. The SMILES string of the molecule is C/C=C/COCCOc1ccc(CNCCC)cc1. The van der Waals surface area contributed by atoms with E-state index < -0.39 is 0 Å². The van der Waals surface area contributed by atoms with E-state index in [1.54, 1.807) is 0 Å². The Labute approximate surface area is 116 Å². The average Bonchev–Trinajstić information content (AvgIpc) is 2.44. The molecule has 3 heteroatoms. The lowest BCUT2D eigenvalue weighted by atomic mass is 10.2. The molecule has 3 nitrogen and oxygen atoms in total. The zero-order chi connectivity index (χ0) is 13.8. The van der Waals surface area contributed by atoms with Crippen molar-refractivity contribution in [3.63, 3.8) is 0 Å². The fourth-order valence-corrected chi connectivity index (χ4v) is 1.58. The van der Waals surface area contributed by atoms with Gasteiger partial charge in [0.25, 0.3) is 0 Å². The van der Waals surface area contributed by atoms with Crippen LogP contribution in [0.2, 0.25) is 0 Å². The topological polar surface area (TPSA) is 30.5 Å². The lowest BCUT2D eigenvalue weighted by molar-refractivity contribution is 0.121. The maximum Gasteiger partial charge on any atom is 0.119 e. The van der Waals surface area contributed by atoms with Gasteiger partial charge in [0.05, 0.1) is 13.2 Å². The second-order valence-corrected chi connectivity index (χ2v) is 4.31. The van der Waals surface area contributed by atoms with Crippen LogP contribution in [0.25, 0.3) is 0 Å². The number of allylic oxidation sites excluding steroid dienone is 1. The Hall–Kier alpha value is -1.32. The summed E-state index contributed by atoms with van der Waals surface area (Å²) in [6.45, 7) is 7.98. The largest absolute Gasteiger partial charge is 0.491 e. The van der Waals surface area contributed by atoms with E-state index >= 15 is 0 Å². The van der Waals surface area contributed by atoms with Gasteiger partial charge in [-0.3, -0.25) is 0 Å². The Morgan fingerprint density at radius 3 is 2.63 bits per heavy atom. The van der Waals surface area contributed by atoms with Gasteiger partial charge in [-0.25, -0.2) is 0 Å². The van der Waals surface area contributed by atoms with Crippen LogP contribution in [0, 0.1) is 0 Å². The molecule has 0 aliphatic rings. The molecule has 0 aliphatic carbocycles. The third kappa shape index (κ3) is 7.65. The highest BCUT2D eigenvalue weighted by molar-refractivity contribution is 5.27. The normalized spacial score (nSPS) is 11.1. The first kappa shape index (κ1) is 15.7. The van der Waals surface area contributed by atoms with E-state index in [-0.39, 0.29) is 0 Å². The van der Waals surface area contributed by atoms with Gasteiger partial charge >= 0.3 is 0 Å². The van der Waals surface area contributed by atoms with Crippen molar-refractivity contribution >= 4 is 0 Å². The van der Waals surface area contributed by atoms with Crippen molar-refractivity contribution in [3.8, 4) is 5.75 Å². The van der Waals surface area contributed by atoms with Gasteiger partial charge in [0.2, 0.25) is 0 Å². The second-order valence-electron chi connectivity index (χ2n) is 4.31. The Morgan fingerprint density at radius 1 is 1.16 bits per heavy atom. The summed E-state index contributed by atoms with van der Waals surface area (Å²) in [7, 11) is 0.